The number of pyridine rings is 1. The van der Waals surface area contributed by atoms with Gasteiger partial charge in [0.05, 0.1) is 5.92 Å². The predicted octanol–water partition coefficient (Wildman–Crippen LogP) is 4.61. The van der Waals surface area contributed by atoms with Crippen LogP contribution in [0.25, 0.3) is 0 Å². The van der Waals surface area contributed by atoms with E-state index in [-0.39, 0.29) is 11.7 Å². The van der Waals surface area contributed by atoms with Crippen molar-refractivity contribution >= 4 is 23.3 Å². The first kappa shape index (κ1) is 19.9. The fourth-order valence-corrected chi connectivity index (χ4v) is 3.56. The van der Waals surface area contributed by atoms with E-state index in [1.165, 1.54) is 12.2 Å². The first-order valence-corrected chi connectivity index (χ1v) is 9.92. The number of allylic oxidation sites excluding steroid dienone is 1. The normalized spacial score (nSPS) is 14.9. The highest BCUT2D eigenvalue weighted by Gasteiger charge is 2.28. The minimum atomic E-state index is -0.494. The Morgan fingerprint density at radius 1 is 1.07 bits per heavy atom. The number of amides is 1. The Morgan fingerprint density at radius 2 is 1.87 bits per heavy atom. The van der Waals surface area contributed by atoms with E-state index in [2.05, 4.69) is 10.3 Å². The summed E-state index contributed by atoms with van der Waals surface area (Å²) in [4.78, 5) is 29.1. The van der Waals surface area contributed by atoms with E-state index in [1.807, 2.05) is 36.4 Å². The summed E-state index contributed by atoms with van der Waals surface area (Å²) in [5, 5.41) is 3.29. The van der Waals surface area contributed by atoms with Crippen LogP contribution in [-0.4, -0.2) is 16.7 Å². The fraction of sp³-hybridized carbons (Fsp3) is 0.125. The van der Waals surface area contributed by atoms with Crippen molar-refractivity contribution in [3.63, 3.8) is 0 Å². The Morgan fingerprint density at radius 3 is 2.70 bits per heavy atom. The van der Waals surface area contributed by atoms with Gasteiger partial charge in [-0.1, -0.05) is 29.8 Å². The number of carbonyl (C=O) groups excluding carboxylic acids is 2. The molecule has 4 rings (SSSR count). The average molecular weight is 419 g/mol. The zero-order chi connectivity index (χ0) is 20.9. The minimum absolute atomic E-state index is 0.183. The Bertz CT molecular complexity index is 1110. The number of ketones is 1. The summed E-state index contributed by atoms with van der Waals surface area (Å²) in [6.45, 7) is 0.364. The molecule has 0 radical (unpaired) electrons. The van der Waals surface area contributed by atoms with E-state index < -0.39 is 5.92 Å². The zero-order valence-electron chi connectivity index (χ0n) is 16.0. The summed E-state index contributed by atoms with van der Waals surface area (Å²) >= 11 is 6.18. The van der Waals surface area contributed by atoms with Crippen molar-refractivity contribution in [1.82, 2.24) is 10.3 Å². The second kappa shape index (κ2) is 8.93. The lowest BCUT2D eigenvalue weighted by Gasteiger charge is -2.14. The van der Waals surface area contributed by atoms with Crippen molar-refractivity contribution in [3.05, 3.63) is 101 Å². The molecule has 0 aliphatic carbocycles. The molecule has 0 fully saturated rings. The Hall–Kier alpha value is -3.44. The van der Waals surface area contributed by atoms with E-state index in [0.717, 1.165) is 16.9 Å². The van der Waals surface area contributed by atoms with E-state index in [9.17, 15) is 9.59 Å². The summed E-state index contributed by atoms with van der Waals surface area (Å²) in [5.41, 5.74) is 2.57. The monoisotopic (exact) mass is 418 g/mol. The molecule has 1 aliphatic heterocycles. The number of benzene rings is 2. The van der Waals surface area contributed by atoms with Gasteiger partial charge in [0.15, 0.2) is 5.78 Å². The number of ether oxygens (including phenoxy) is 1. The van der Waals surface area contributed by atoms with Crippen LogP contribution in [0.15, 0.2) is 79.1 Å². The number of hydrogen-bond acceptors (Lipinski definition) is 4. The third-order valence-electron chi connectivity index (χ3n) is 4.92. The van der Waals surface area contributed by atoms with E-state index in [1.54, 1.807) is 30.6 Å². The maximum atomic E-state index is 13.0. The van der Waals surface area contributed by atoms with Gasteiger partial charge in [0.1, 0.15) is 11.5 Å². The van der Waals surface area contributed by atoms with Gasteiger partial charge in [-0.05, 0) is 60.0 Å². The van der Waals surface area contributed by atoms with Gasteiger partial charge in [-0.25, -0.2) is 0 Å². The van der Waals surface area contributed by atoms with Crippen molar-refractivity contribution in [3.8, 4) is 11.5 Å². The second-order valence-corrected chi connectivity index (χ2v) is 7.39. The van der Waals surface area contributed by atoms with Gasteiger partial charge in [0.25, 0.3) is 0 Å². The molecule has 2 aromatic carbocycles. The summed E-state index contributed by atoms with van der Waals surface area (Å²) < 4.78 is 6.03. The van der Waals surface area contributed by atoms with Crippen LogP contribution in [0, 0.1) is 0 Å². The lowest BCUT2D eigenvalue weighted by Crippen LogP contribution is -2.21. The lowest BCUT2D eigenvalue weighted by molar-refractivity contribution is -0.118. The largest absolute Gasteiger partial charge is 0.457 e. The number of aromatic nitrogens is 1. The molecule has 1 aliphatic rings. The molecule has 0 saturated heterocycles. The highest BCUT2D eigenvalue weighted by molar-refractivity contribution is 6.30. The maximum absolute atomic E-state index is 13.0. The van der Waals surface area contributed by atoms with Gasteiger partial charge >= 0.3 is 0 Å². The van der Waals surface area contributed by atoms with Crippen LogP contribution in [0.3, 0.4) is 0 Å². The third kappa shape index (κ3) is 4.58. The molecule has 150 valence electrons. The Kier molecular flexibility index (Phi) is 5.91. The van der Waals surface area contributed by atoms with Gasteiger partial charge in [0, 0.05) is 35.6 Å². The molecule has 3 aromatic rings. The molecule has 6 heteroatoms. The van der Waals surface area contributed by atoms with Gasteiger partial charge in [0.2, 0.25) is 5.91 Å². The summed E-state index contributed by atoms with van der Waals surface area (Å²) in [7, 11) is 0. The fourth-order valence-electron chi connectivity index (χ4n) is 3.38. The highest BCUT2D eigenvalue weighted by atomic mass is 35.5. The number of fused-ring (bicyclic) bond motifs is 2. The molecule has 1 unspecified atom stereocenters. The second-order valence-electron chi connectivity index (χ2n) is 6.96. The van der Waals surface area contributed by atoms with Crippen LogP contribution in [-0.2, 0) is 22.6 Å². The highest BCUT2D eigenvalue weighted by Crippen LogP contribution is 2.40. The Labute approximate surface area is 179 Å². The van der Waals surface area contributed by atoms with Crippen molar-refractivity contribution in [2.75, 3.05) is 0 Å². The van der Waals surface area contributed by atoms with Crippen LogP contribution < -0.4 is 10.1 Å². The molecule has 1 amide bonds. The molecule has 0 saturated carbocycles. The molecule has 5 nitrogen and oxygen atoms in total. The number of nitrogens with zero attached hydrogens (tertiary/aromatic N) is 1. The maximum Gasteiger partial charge on any atom is 0.244 e. The number of nitrogens with one attached hydrogen (secondary N) is 1. The van der Waals surface area contributed by atoms with E-state index in [4.69, 9.17) is 16.3 Å². The Balaban J connectivity index is 1.53. The quantitative estimate of drug-likeness (QED) is 0.614. The summed E-state index contributed by atoms with van der Waals surface area (Å²) in [5.74, 6) is 0.301. The first-order valence-electron chi connectivity index (χ1n) is 9.54. The molecular formula is C24H19ClN2O3. The lowest BCUT2D eigenvalue weighted by atomic mass is 9.88. The molecular weight excluding hydrogens is 400 g/mol. The zero-order valence-corrected chi connectivity index (χ0v) is 16.8. The first-order chi connectivity index (χ1) is 14.6. The molecule has 0 bridgehead atoms. The van der Waals surface area contributed by atoms with E-state index in [0.29, 0.717) is 29.3 Å². The molecule has 0 spiro atoms. The average Bonchev–Trinajstić information content (AvgIpc) is 2.93. The van der Waals surface area contributed by atoms with Crippen LogP contribution in [0.4, 0.5) is 0 Å². The molecule has 1 aromatic heterocycles. The van der Waals surface area contributed by atoms with Gasteiger partial charge in [-0.15, -0.1) is 0 Å². The summed E-state index contributed by atoms with van der Waals surface area (Å²) in [6.07, 6.45) is 6.38. The van der Waals surface area contributed by atoms with E-state index >= 15 is 0 Å². The van der Waals surface area contributed by atoms with Gasteiger partial charge in [-0.2, -0.15) is 0 Å². The SMILES string of the molecule is O=C(/C=C/C(=O)C1Cc2ccccc2Oc2ccc(Cl)cc21)NCc1ccncc1. The molecule has 2 heterocycles. The van der Waals surface area contributed by atoms with Crippen LogP contribution in [0.2, 0.25) is 5.02 Å². The minimum Gasteiger partial charge on any atom is -0.457 e. The molecule has 1 N–H and O–H groups in total. The third-order valence-corrected chi connectivity index (χ3v) is 5.16. The number of hydrogen-bond donors (Lipinski definition) is 1. The number of rotatable bonds is 5. The number of carbonyl (C=O) groups is 2. The van der Waals surface area contributed by atoms with Crippen molar-refractivity contribution in [2.24, 2.45) is 0 Å². The standard InChI is InChI=1S/C24H19ClN2O3/c25-18-5-7-23-20(14-18)19(13-17-3-1-2-4-22(17)30-23)21(28)6-8-24(29)27-15-16-9-11-26-12-10-16/h1-12,14,19H,13,15H2,(H,27,29)/b8-6+. The van der Waals surface area contributed by atoms with Crippen molar-refractivity contribution in [1.29, 1.82) is 0 Å². The van der Waals surface area contributed by atoms with Crippen molar-refractivity contribution < 1.29 is 14.3 Å². The molecule has 30 heavy (non-hydrogen) atoms. The number of halogens is 1. The van der Waals surface area contributed by atoms with Crippen LogP contribution in [0.5, 0.6) is 11.5 Å². The molecule has 1 atom stereocenters. The summed E-state index contributed by atoms with van der Waals surface area (Å²) in [6, 6.07) is 16.5. The van der Waals surface area contributed by atoms with Gasteiger partial charge in [-0.3, -0.25) is 14.6 Å². The van der Waals surface area contributed by atoms with Crippen LogP contribution >= 0.6 is 11.6 Å². The van der Waals surface area contributed by atoms with Crippen molar-refractivity contribution in [2.45, 2.75) is 18.9 Å². The van der Waals surface area contributed by atoms with Crippen LogP contribution in [0.1, 0.15) is 22.6 Å². The number of para-hydroxylation sites is 1. The predicted molar refractivity (Wildman–Crippen MR) is 115 cm³/mol. The van der Waals surface area contributed by atoms with Gasteiger partial charge < -0.3 is 10.1 Å². The topological polar surface area (TPSA) is 68.3 Å². The smallest absolute Gasteiger partial charge is 0.244 e.